The number of rotatable bonds is 16. The van der Waals surface area contributed by atoms with E-state index in [4.69, 9.17) is 9.47 Å². The van der Waals surface area contributed by atoms with Crippen molar-refractivity contribution in [2.45, 2.75) is 43.7 Å². The molecular formula is C35H38FN3O6S. The third-order valence-corrected chi connectivity index (χ3v) is 8.58. The number of carbonyl (C=O) groups is 2. The maximum atomic E-state index is 13.9. The van der Waals surface area contributed by atoms with Crippen molar-refractivity contribution in [1.29, 1.82) is 0 Å². The summed E-state index contributed by atoms with van der Waals surface area (Å²) in [5.41, 5.74) is 1.66. The third-order valence-electron chi connectivity index (χ3n) is 7.18. The normalized spacial score (nSPS) is 11.7. The zero-order valence-electron chi connectivity index (χ0n) is 25.8. The molecule has 1 atom stereocenters. The quantitative estimate of drug-likeness (QED) is 0.142. The number of sulfonamides is 1. The minimum atomic E-state index is -3.95. The highest BCUT2D eigenvalue weighted by atomic mass is 32.2. The Morgan fingerprint density at radius 2 is 1.50 bits per heavy atom. The van der Waals surface area contributed by atoms with Gasteiger partial charge in [0.05, 0.1) is 12.0 Å². The molecule has 0 spiro atoms. The second kappa shape index (κ2) is 16.4. The van der Waals surface area contributed by atoms with Crippen molar-refractivity contribution in [3.05, 3.63) is 120 Å². The summed E-state index contributed by atoms with van der Waals surface area (Å²) < 4.78 is 52.3. The van der Waals surface area contributed by atoms with Crippen LogP contribution >= 0.6 is 0 Å². The minimum Gasteiger partial charge on any atom is -0.497 e. The first kappa shape index (κ1) is 34.0. The lowest BCUT2D eigenvalue weighted by Crippen LogP contribution is -2.45. The van der Waals surface area contributed by atoms with Gasteiger partial charge in [0.2, 0.25) is 5.91 Å². The summed E-state index contributed by atoms with van der Waals surface area (Å²) in [5.74, 6) is -0.296. The topological polar surface area (TPSA) is 114 Å². The molecule has 46 heavy (non-hydrogen) atoms. The molecule has 0 radical (unpaired) electrons. The van der Waals surface area contributed by atoms with Gasteiger partial charge >= 0.3 is 0 Å². The highest BCUT2D eigenvalue weighted by Crippen LogP contribution is 2.26. The standard InChI is InChI=1S/C35H38FN3O6S/c1-3-4-8-23-37-35(41)34(27-9-6-5-7-10-27)39(24-26-11-17-30(44-2)18-12-26)33(40)25-45-31-19-21-32(22-20-31)46(42,43)38-29-15-13-28(36)14-16-29/h5-7,9-22,34,38H,3-4,8,23-25H2,1-2H3,(H,37,41)/t34-/m1/s1. The van der Waals surface area contributed by atoms with Crippen LogP contribution in [-0.4, -0.2) is 45.4 Å². The summed E-state index contributed by atoms with van der Waals surface area (Å²) in [5, 5.41) is 2.99. The summed E-state index contributed by atoms with van der Waals surface area (Å²) >= 11 is 0. The summed E-state index contributed by atoms with van der Waals surface area (Å²) in [6, 6.07) is 25.9. The molecule has 2 N–H and O–H groups in total. The van der Waals surface area contributed by atoms with Crippen molar-refractivity contribution >= 4 is 27.5 Å². The predicted molar refractivity (Wildman–Crippen MR) is 174 cm³/mol. The maximum absolute atomic E-state index is 13.9. The number of hydrogen-bond acceptors (Lipinski definition) is 6. The summed E-state index contributed by atoms with van der Waals surface area (Å²) in [6.07, 6.45) is 2.81. The van der Waals surface area contributed by atoms with Crippen LogP contribution in [0.1, 0.15) is 43.4 Å². The number of hydrogen-bond donors (Lipinski definition) is 2. The Balaban J connectivity index is 1.53. The SMILES string of the molecule is CCCCCNC(=O)[C@@H](c1ccccc1)N(Cc1ccc(OC)cc1)C(=O)COc1ccc(S(=O)(=O)Nc2ccc(F)cc2)cc1. The van der Waals surface area contributed by atoms with Gasteiger partial charge in [-0.05, 0) is 78.2 Å². The van der Waals surface area contributed by atoms with Gasteiger partial charge < -0.3 is 19.7 Å². The Labute approximate surface area is 269 Å². The summed E-state index contributed by atoms with van der Waals surface area (Å²) in [6.45, 7) is 2.30. The molecule has 0 aliphatic heterocycles. The molecule has 0 saturated carbocycles. The van der Waals surface area contributed by atoms with Crippen LogP contribution in [0.2, 0.25) is 0 Å². The third kappa shape index (κ3) is 9.55. The Morgan fingerprint density at radius 3 is 2.13 bits per heavy atom. The molecule has 4 aromatic rings. The van der Waals surface area contributed by atoms with Gasteiger partial charge in [-0.1, -0.05) is 62.2 Å². The van der Waals surface area contributed by atoms with Crippen LogP contribution in [-0.2, 0) is 26.2 Å². The molecule has 4 rings (SSSR count). The van der Waals surface area contributed by atoms with Crippen LogP contribution < -0.4 is 19.5 Å². The number of methoxy groups -OCH3 is 1. The second-order valence-electron chi connectivity index (χ2n) is 10.6. The van der Waals surface area contributed by atoms with Gasteiger partial charge in [0.1, 0.15) is 23.4 Å². The Morgan fingerprint density at radius 1 is 0.848 bits per heavy atom. The van der Waals surface area contributed by atoms with Crippen LogP contribution in [0.15, 0.2) is 108 Å². The Hall–Kier alpha value is -4.90. The van der Waals surface area contributed by atoms with Crippen LogP contribution in [0.4, 0.5) is 10.1 Å². The van der Waals surface area contributed by atoms with E-state index < -0.39 is 34.4 Å². The molecule has 0 unspecified atom stereocenters. The van der Waals surface area contributed by atoms with Crippen LogP contribution in [0, 0.1) is 5.82 Å². The van der Waals surface area contributed by atoms with Crippen molar-refractivity contribution in [3.8, 4) is 11.5 Å². The van der Waals surface area contributed by atoms with Crippen molar-refractivity contribution in [2.75, 3.05) is 25.0 Å². The van der Waals surface area contributed by atoms with E-state index in [9.17, 15) is 22.4 Å². The van der Waals surface area contributed by atoms with E-state index in [0.29, 0.717) is 17.9 Å². The highest BCUT2D eigenvalue weighted by molar-refractivity contribution is 7.92. The molecule has 2 amide bonds. The monoisotopic (exact) mass is 647 g/mol. The minimum absolute atomic E-state index is 0.0412. The first-order valence-electron chi connectivity index (χ1n) is 15.0. The molecular weight excluding hydrogens is 609 g/mol. The zero-order valence-corrected chi connectivity index (χ0v) is 26.6. The molecule has 0 bridgehead atoms. The van der Waals surface area contributed by atoms with E-state index in [2.05, 4.69) is 17.0 Å². The average Bonchev–Trinajstić information content (AvgIpc) is 3.07. The fourth-order valence-corrected chi connectivity index (χ4v) is 5.78. The largest absolute Gasteiger partial charge is 0.497 e. The number of amides is 2. The van der Waals surface area contributed by atoms with E-state index in [0.717, 1.165) is 37.0 Å². The van der Waals surface area contributed by atoms with Crippen molar-refractivity contribution in [3.63, 3.8) is 0 Å². The van der Waals surface area contributed by atoms with Crippen LogP contribution in [0.5, 0.6) is 11.5 Å². The number of benzene rings is 4. The molecule has 9 nitrogen and oxygen atoms in total. The van der Waals surface area contributed by atoms with Gasteiger partial charge in [-0.25, -0.2) is 12.8 Å². The molecule has 11 heteroatoms. The summed E-state index contributed by atoms with van der Waals surface area (Å²) in [7, 11) is -2.38. The van der Waals surface area contributed by atoms with Gasteiger partial charge in [-0.15, -0.1) is 0 Å². The molecule has 0 heterocycles. The van der Waals surface area contributed by atoms with Gasteiger partial charge in [0, 0.05) is 18.8 Å². The summed E-state index contributed by atoms with van der Waals surface area (Å²) in [4.78, 5) is 28.9. The number of anilines is 1. The molecule has 242 valence electrons. The lowest BCUT2D eigenvalue weighted by Gasteiger charge is -2.31. The molecule has 0 aliphatic rings. The van der Waals surface area contributed by atoms with Gasteiger partial charge in [0.25, 0.3) is 15.9 Å². The number of halogens is 1. The van der Waals surface area contributed by atoms with Crippen LogP contribution in [0.25, 0.3) is 0 Å². The first-order valence-corrected chi connectivity index (χ1v) is 16.4. The number of ether oxygens (including phenoxy) is 2. The Kier molecular flexibility index (Phi) is 12.1. The molecule has 0 aromatic heterocycles. The average molecular weight is 648 g/mol. The maximum Gasteiger partial charge on any atom is 0.261 e. The lowest BCUT2D eigenvalue weighted by atomic mass is 10.0. The van der Waals surface area contributed by atoms with Crippen molar-refractivity contribution in [2.24, 2.45) is 0 Å². The fourth-order valence-electron chi connectivity index (χ4n) is 4.72. The van der Waals surface area contributed by atoms with E-state index >= 15 is 0 Å². The first-order chi connectivity index (χ1) is 22.2. The number of carbonyl (C=O) groups excluding carboxylic acids is 2. The smallest absolute Gasteiger partial charge is 0.261 e. The van der Waals surface area contributed by atoms with E-state index in [1.165, 1.54) is 41.3 Å². The molecule has 0 aliphatic carbocycles. The van der Waals surface area contributed by atoms with Crippen molar-refractivity contribution < 1.29 is 31.9 Å². The Bertz CT molecular complexity index is 1670. The van der Waals surface area contributed by atoms with E-state index in [1.54, 1.807) is 19.2 Å². The highest BCUT2D eigenvalue weighted by Gasteiger charge is 2.31. The fraction of sp³-hybridized carbons (Fsp3) is 0.257. The van der Waals surface area contributed by atoms with E-state index in [-0.39, 0.29) is 28.8 Å². The second-order valence-corrected chi connectivity index (χ2v) is 12.2. The molecule has 0 fully saturated rings. The molecule has 4 aromatic carbocycles. The predicted octanol–water partition coefficient (Wildman–Crippen LogP) is 6.09. The number of nitrogens with zero attached hydrogens (tertiary/aromatic N) is 1. The van der Waals surface area contributed by atoms with Gasteiger partial charge in [0.15, 0.2) is 6.61 Å². The van der Waals surface area contributed by atoms with Crippen LogP contribution in [0.3, 0.4) is 0 Å². The van der Waals surface area contributed by atoms with E-state index in [1.807, 2.05) is 42.5 Å². The zero-order chi connectivity index (χ0) is 32.9. The van der Waals surface area contributed by atoms with Crippen molar-refractivity contribution in [1.82, 2.24) is 10.2 Å². The number of unbranched alkanes of at least 4 members (excludes halogenated alkanes) is 2. The number of nitrogens with one attached hydrogen (secondary N) is 2. The van der Waals surface area contributed by atoms with Gasteiger partial charge in [-0.2, -0.15) is 0 Å². The van der Waals surface area contributed by atoms with Gasteiger partial charge in [-0.3, -0.25) is 14.3 Å². The lowest BCUT2D eigenvalue weighted by molar-refractivity contribution is -0.143. The molecule has 0 saturated heterocycles.